The van der Waals surface area contributed by atoms with Crippen LogP contribution in [0.1, 0.15) is 55.2 Å². The van der Waals surface area contributed by atoms with Gasteiger partial charge in [0.2, 0.25) is 0 Å². The van der Waals surface area contributed by atoms with E-state index in [2.05, 4.69) is 42.8 Å². The number of aromatic nitrogens is 1. The molecular formula is C34H36N4O4S. The first kappa shape index (κ1) is 28.9. The fraction of sp³-hybridized carbons (Fsp3) is 0.324. The normalized spacial score (nSPS) is 17.7. The van der Waals surface area contributed by atoms with Crippen molar-refractivity contribution in [3.05, 3.63) is 114 Å². The Morgan fingerprint density at radius 1 is 1.05 bits per heavy atom. The zero-order valence-corrected chi connectivity index (χ0v) is 25.8. The van der Waals surface area contributed by atoms with Gasteiger partial charge in [0.15, 0.2) is 10.7 Å². The minimum atomic E-state index is -0.702. The largest absolute Gasteiger partial charge is 0.463 e. The number of ether oxygens (including phenoxy) is 1. The monoisotopic (exact) mass is 596 g/mol. The summed E-state index contributed by atoms with van der Waals surface area (Å²) in [6.07, 6.45) is 1.78. The Morgan fingerprint density at radius 2 is 1.77 bits per heavy atom. The zero-order chi connectivity index (χ0) is 30.1. The van der Waals surface area contributed by atoms with Crippen LogP contribution in [0, 0.1) is 0 Å². The molecule has 0 bridgehead atoms. The summed E-state index contributed by atoms with van der Waals surface area (Å²) in [5, 5.41) is 0. The summed E-state index contributed by atoms with van der Waals surface area (Å²) in [5.74, 6) is 1.26. The van der Waals surface area contributed by atoms with E-state index in [0.717, 1.165) is 43.2 Å². The van der Waals surface area contributed by atoms with E-state index in [1.807, 2.05) is 54.6 Å². The van der Waals surface area contributed by atoms with E-state index in [9.17, 15) is 9.59 Å². The van der Waals surface area contributed by atoms with Crippen LogP contribution in [0.4, 0.5) is 5.88 Å². The maximum atomic E-state index is 14.1. The molecule has 4 aromatic rings. The highest BCUT2D eigenvalue weighted by molar-refractivity contribution is 7.07. The molecule has 6 rings (SSSR count). The lowest BCUT2D eigenvalue weighted by atomic mass is 9.91. The number of benzene rings is 2. The smallest absolute Gasteiger partial charge is 0.338 e. The van der Waals surface area contributed by atoms with Crippen LogP contribution in [0.3, 0.4) is 0 Å². The Morgan fingerprint density at radius 3 is 2.44 bits per heavy atom. The number of esters is 1. The summed E-state index contributed by atoms with van der Waals surface area (Å²) in [6, 6.07) is 20.9. The molecule has 1 atom stereocenters. The third-order valence-electron chi connectivity index (χ3n) is 7.99. The molecular weight excluding hydrogens is 560 g/mol. The first-order chi connectivity index (χ1) is 20.8. The molecule has 2 aliphatic rings. The van der Waals surface area contributed by atoms with Crippen LogP contribution in [-0.2, 0) is 9.53 Å². The number of thiazole rings is 1. The maximum Gasteiger partial charge on any atom is 0.338 e. The van der Waals surface area contributed by atoms with Gasteiger partial charge in [-0.05, 0) is 37.1 Å². The van der Waals surface area contributed by atoms with E-state index in [1.54, 1.807) is 17.6 Å². The Bertz CT molecular complexity index is 1830. The van der Waals surface area contributed by atoms with Gasteiger partial charge in [0.1, 0.15) is 5.76 Å². The van der Waals surface area contributed by atoms with Gasteiger partial charge in [-0.25, -0.2) is 9.79 Å². The maximum absolute atomic E-state index is 14.1. The number of fused-ring (bicyclic) bond motifs is 1. The van der Waals surface area contributed by atoms with Crippen molar-refractivity contribution < 1.29 is 13.9 Å². The molecule has 9 heteroatoms. The molecule has 0 spiro atoms. The second-order valence-corrected chi connectivity index (χ2v) is 12.2. The van der Waals surface area contributed by atoms with Crippen LogP contribution in [0.2, 0.25) is 0 Å². The van der Waals surface area contributed by atoms with Crippen LogP contribution in [0.25, 0.3) is 11.8 Å². The molecule has 2 aromatic heterocycles. The molecule has 0 saturated carbocycles. The Kier molecular flexibility index (Phi) is 8.19. The predicted octanol–water partition coefficient (Wildman–Crippen LogP) is 4.40. The third-order valence-corrected chi connectivity index (χ3v) is 8.98. The summed E-state index contributed by atoms with van der Waals surface area (Å²) in [4.78, 5) is 37.8. The second-order valence-electron chi connectivity index (χ2n) is 11.2. The van der Waals surface area contributed by atoms with Crippen LogP contribution >= 0.6 is 11.3 Å². The average molecular weight is 597 g/mol. The SMILES string of the molecule is CCOC(=O)C1=C(c2ccccc2)N=c2s/c(=C/c3ccc(N4CCN(C)CC4)o3)c(=O)n2C1c1ccc(C(C)C)cc1. The highest BCUT2D eigenvalue weighted by Crippen LogP contribution is 2.35. The number of furan rings is 1. The summed E-state index contributed by atoms with van der Waals surface area (Å²) in [5.41, 5.74) is 3.41. The van der Waals surface area contributed by atoms with Gasteiger partial charge in [0.25, 0.3) is 5.56 Å². The number of piperazine rings is 1. The quantitative estimate of drug-likeness (QED) is 0.294. The molecule has 0 radical (unpaired) electrons. The minimum absolute atomic E-state index is 0.210. The lowest BCUT2D eigenvalue weighted by Crippen LogP contribution is -2.44. The first-order valence-corrected chi connectivity index (χ1v) is 15.6. The third kappa shape index (κ3) is 5.75. The molecule has 0 aliphatic carbocycles. The highest BCUT2D eigenvalue weighted by atomic mass is 32.1. The van der Waals surface area contributed by atoms with Gasteiger partial charge in [-0.15, -0.1) is 0 Å². The van der Waals surface area contributed by atoms with Crippen molar-refractivity contribution >= 4 is 35.0 Å². The van der Waals surface area contributed by atoms with Crippen molar-refractivity contribution in [2.75, 3.05) is 44.7 Å². The van der Waals surface area contributed by atoms with Gasteiger partial charge in [0, 0.05) is 43.9 Å². The van der Waals surface area contributed by atoms with Crippen molar-refractivity contribution in [3.8, 4) is 0 Å². The van der Waals surface area contributed by atoms with Gasteiger partial charge in [-0.1, -0.05) is 79.8 Å². The fourth-order valence-electron chi connectivity index (χ4n) is 5.56. The van der Waals surface area contributed by atoms with Gasteiger partial charge >= 0.3 is 5.97 Å². The lowest BCUT2D eigenvalue weighted by Gasteiger charge is -2.32. The molecule has 0 N–H and O–H groups in total. The van der Waals surface area contributed by atoms with Crippen molar-refractivity contribution in [2.24, 2.45) is 4.99 Å². The van der Waals surface area contributed by atoms with Crippen LogP contribution in [0.5, 0.6) is 0 Å². The van der Waals surface area contributed by atoms with E-state index in [4.69, 9.17) is 14.1 Å². The summed E-state index contributed by atoms with van der Waals surface area (Å²) in [7, 11) is 2.12. The standard InChI is InChI=1S/C34H36N4O4S/c1-5-41-33(40)29-30(24-9-7-6-8-10-24)35-34-38(31(29)25-13-11-23(12-14-25)22(2)3)32(39)27(43-34)21-26-15-16-28(42-26)37-19-17-36(4)18-20-37/h6-16,21-22,31H,5,17-20H2,1-4H3/b27-21+. The fourth-order valence-corrected chi connectivity index (χ4v) is 6.55. The van der Waals surface area contributed by atoms with Gasteiger partial charge < -0.3 is 19.0 Å². The number of hydrogen-bond acceptors (Lipinski definition) is 8. The molecule has 2 aliphatic heterocycles. The van der Waals surface area contributed by atoms with Gasteiger partial charge in [0.05, 0.1) is 28.5 Å². The summed E-state index contributed by atoms with van der Waals surface area (Å²) < 4.78 is 13.9. The first-order valence-electron chi connectivity index (χ1n) is 14.8. The zero-order valence-electron chi connectivity index (χ0n) is 24.9. The molecule has 222 valence electrons. The minimum Gasteiger partial charge on any atom is -0.463 e. The number of hydrogen-bond donors (Lipinski definition) is 0. The van der Waals surface area contributed by atoms with E-state index in [1.165, 1.54) is 16.9 Å². The van der Waals surface area contributed by atoms with E-state index in [-0.39, 0.29) is 12.2 Å². The predicted molar refractivity (Wildman–Crippen MR) is 170 cm³/mol. The van der Waals surface area contributed by atoms with Gasteiger partial charge in [-0.2, -0.15) is 0 Å². The van der Waals surface area contributed by atoms with Gasteiger partial charge in [-0.3, -0.25) is 9.36 Å². The highest BCUT2D eigenvalue weighted by Gasteiger charge is 2.35. The molecule has 1 unspecified atom stereocenters. The van der Waals surface area contributed by atoms with Crippen LogP contribution in [-0.4, -0.2) is 55.3 Å². The lowest BCUT2D eigenvalue weighted by molar-refractivity contribution is -0.138. The molecule has 2 aromatic carbocycles. The average Bonchev–Trinajstić information content (AvgIpc) is 3.61. The Hall–Kier alpha value is -4.21. The molecule has 8 nitrogen and oxygen atoms in total. The van der Waals surface area contributed by atoms with Crippen molar-refractivity contribution in [1.29, 1.82) is 0 Å². The molecule has 43 heavy (non-hydrogen) atoms. The topological polar surface area (TPSA) is 80.3 Å². The Balaban J connectivity index is 1.51. The number of carbonyl (C=O) groups is 1. The summed E-state index contributed by atoms with van der Waals surface area (Å²) in [6.45, 7) is 9.99. The Labute approximate surface area is 254 Å². The molecule has 4 heterocycles. The van der Waals surface area contributed by atoms with Crippen LogP contribution < -0.4 is 19.8 Å². The number of anilines is 1. The molecule has 1 fully saturated rings. The number of nitrogens with zero attached hydrogens (tertiary/aromatic N) is 4. The van der Waals surface area contributed by atoms with Crippen molar-refractivity contribution in [3.63, 3.8) is 0 Å². The molecule has 0 amide bonds. The second kappa shape index (κ2) is 12.2. The summed E-state index contributed by atoms with van der Waals surface area (Å²) >= 11 is 1.30. The number of rotatable bonds is 7. The van der Waals surface area contributed by atoms with Crippen molar-refractivity contribution in [2.45, 2.75) is 32.7 Å². The molecule has 1 saturated heterocycles. The van der Waals surface area contributed by atoms with Crippen molar-refractivity contribution in [1.82, 2.24) is 9.47 Å². The van der Waals surface area contributed by atoms with E-state index >= 15 is 0 Å². The number of carbonyl (C=O) groups excluding carboxylic acids is 1. The van der Waals surface area contributed by atoms with Crippen LogP contribution in [0.15, 0.2) is 86.5 Å². The van der Waals surface area contributed by atoms with E-state index < -0.39 is 12.0 Å². The number of likely N-dealkylation sites (N-methyl/N-ethyl adjacent to an activating group) is 1. The van der Waals surface area contributed by atoms with E-state index in [0.29, 0.717) is 32.3 Å².